The van der Waals surface area contributed by atoms with Gasteiger partial charge in [0.15, 0.2) is 5.16 Å². The van der Waals surface area contributed by atoms with Crippen molar-refractivity contribution in [1.29, 1.82) is 0 Å². The van der Waals surface area contributed by atoms with Crippen molar-refractivity contribution in [3.05, 3.63) is 41.7 Å². The number of rotatable bonds is 9. The Kier molecular flexibility index (Phi) is 7.75. The van der Waals surface area contributed by atoms with E-state index in [0.717, 1.165) is 29.7 Å². The van der Waals surface area contributed by atoms with Crippen molar-refractivity contribution in [1.82, 2.24) is 20.1 Å². The zero-order chi connectivity index (χ0) is 18.9. The normalized spacial score (nSPS) is 15.0. The highest BCUT2D eigenvalue weighted by molar-refractivity contribution is 7.99. The summed E-state index contributed by atoms with van der Waals surface area (Å²) in [5.41, 5.74) is 1.24. The Morgan fingerprint density at radius 3 is 2.70 bits per heavy atom. The highest BCUT2D eigenvalue weighted by Gasteiger charge is 2.16. The molecule has 0 radical (unpaired) electrons. The van der Waals surface area contributed by atoms with Crippen molar-refractivity contribution >= 4 is 17.7 Å². The van der Waals surface area contributed by atoms with E-state index in [1.54, 1.807) is 0 Å². The summed E-state index contributed by atoms with van der Waals surface area (Å²) in [7, 11) is 2.01. The van der Waals surface area contributed by atoms with Crippen LogP contribution >= 0.6 is 11.8 Å². The number of carbonyl (C=O) groups excluding carboxylic acids is 1. The van der Waals surface area contributed by atoms with E-state index in [0.29, 0.717) is 12.3 Å². The fourth-order valence-corrected chi connectivity index (χ4v) is 4.43. The lowest BCUT2D eigenvalue weighted by molar-refractivity contribution is -0.118. The first-order valence-corrected chi connectivity index (χ1v) is 11.0. The van der Waals surface area contributed by atoms with Gasteiger partial charge in [-0.2, -0.15) is 0 Å². The van der Waals surface area contributed by atoms with Crippen LogP contribution in [0.1, 0.15) is 49.9 Å². The number of hydrogen-bond acceptors (Lipinski definition) is 4. The van der Waals surface area contributed by atoms with Crippen molar-refractivity contribution in [3.8, 4) is 0 Å². The zero-order valence-corrected chi connectivity index (χ0v) is 17.0. The number of benzene rings is 1. The predicted octanol–water partition coefficient (Wildman–Crippen LogP) is 3.78. The summed E-state index contributed by atoms with van der Waals surface area (Å²) >= 11 is 1.46. The quantitative estimate of drug-likeness (QED) is 0.666. The van der Waals surface area contributed by atoms with Gasteiger partial charge in [0.2, 0.25) is 5.91 Å². The Balaban J connectivity index is 1.37. The first-order valence-electron chi connectivity index (χ1n) is 10.0. The molecular formula is C21H30N4OS. The van der Waals surface area contributed by atoms with Crippen LogP contribution in [0.25, 0.3) is 0 Å². The molecule has 3 rings (SSSR count). The number of aromatic nitrogens is 3. The van der Waals surface area contributed by atoms with Gasteiger partial charge in [0, 0.05) is 20.0 Å². The second-order valence-electron chi connectivity index (χ2n) is 7.37. The first kappa shape index (κ1) is 19.9. The van der Waals surface area contributed by atoms with Crippen molar-refractivity contribution in [2.24, 2.45) is 13.0 Å². The molecule has 1 N–H and O–H groups in total. The second kappa shape index (κ2) is 10.5. The molecule has 5 nitrogen and oxygen atoms in total. The molecule has 1 aliphatic carbocycles. The maximum atomic E-state index is 12.1. The summed E-state index contributed by atoms with van der Waals surface area (Å²) in [5.74, 6) is 2.31. The van der Waals surface area contributed by atoms with Gasteiger partial charge in [0.05, 0.1) is 5.75 Å². The fourth-order valence-electron chi connectivity index (χ4n) is 3.67. The topological polar surface area (TPSA) is 59.8 Å². The molecule has 0 aliphatic heterocycles. The molecule has 0 atom stereocenters. The van der Waals surface area contributed by atoms with E-state index < -0.39 is 0 Å². The Hall–Kier alpha value is -1.82. The molecule has 1 aliphatic rings. The zero-order valence-electron chi connectivity index (χ0n) is 16.2. The molecule has 0 unspecified atom stereocenters. The summed E-state index contributed by atoms with van der Waals surface area (Å²) in [5, 5.41) is 12.4. The number of nitrogens with one attached hydrogen (secondary N) is 1. The maximum absolute atomic E-state index is 12.1. The van der Waals surface area contributed by atoms with E-state index in [1.807, 2.05) is 29.8 Å². The van der Waals surface area contributed by atoms with E-state index >= 15 is 0 Å². The average Bonchev–Trinajstić information content (AvgIpc) is 3.06. The van der Waals surface area contributed by atoms with Crippen LogP contribution in [0.5, 0.6) is 0 Å². The van der Waals surface area contributed by atoms with Crippen LogP contribution in [0.15, 0.2) is 35.5 Å². The van der Waals surface area contributed by atoms with Crippen molar-refractivity contribution in [2.75, 3.05) is 12.3 Å². The highest BCUT2D eigenvalue weighted by atomic mass is 32.2. The Bertz CT molecular complexity index is 710. The highest BCUT2D eigenvalue weighted by Crippen LogP contribution is 2.27. The minimum absolute atomic E-state index is 0.0442. The Morgan fingerprint density at radius 1 is 1.15 bits per heavy atom. The monoisotopic (exact) mass is 386 g/mol. The van der Waals surface area contributed by atoms with E-state index in [2.05, 4.69) is 27.6 Å². The summed E-state index contributed by atoms with van der Waals surface area (Å²) in [6.07, 6.45) is 9.93. The molecule has 27 heavy (non-hydrogen) atoms. The summed E-state index contributed by atoms with van der Waals surface area (Å²) in [6.45, 7) is 0.662. The van der Waals surface area contributed by atoms with Crippen LogP contribution in [-0.2, 0) is 24.7 Å². The number of aryl methyl sites for hydroxylation is 1. The van der Waals surface area contributed by atoms with Crippen LogP contribution < -0.4 is 5.32 Å². The fraction of sp³-hybridized carbons (Fsp3) is 0.571. The van der Waals surface area contributed by atoms with Gasteiger partial charge in [0.1, 0.15) is 5.82 Å². The number of hydrogen-bond donors (Lipinski definition) is 1. The summed E-state index contributed by atoms with van der Waals surface area (Å²) < 4.78 is 2.05. The third-order valence-electron chi connectivity index (χ3n) is 5.34. The van der Waals surface area contributed by atoms with E-state index in [4.69, 9.17) is 0 Å². The standard InChI is InChI=1S/C21H30N4OS/c1-25-19(13-12-17-8-4-2-5-9-17)23-24-21(25)27-16-20(26)22-15-14-18-10-6-3-7-11-18/h3,6-7,10-11,17H,2,4-5,8-9,12-16H2,1H3,(H,22,26). The number of amides is 1. The third kappa shape index (κ3) is 6.38. The largest absolute Gasteiger partial charge is 0.355 e. The molecule has 1 saturated carbocycles. The molecule has 0 spiro atoms. The van der Waals surface area contributed by atoms with Gasteiger partial charge < -0.3 is 9.88 Å². The van der Waals surface area contributed by atoms with Gasteiger partial charge in [0.25, 0.3) is 0 Å². The molecule has 1 amide bonds. The summed E-state index contributed by atoms with van der Waals surface area (Å²) in [4.78, 5) is 12.1. The van der Waals surface area contributed by atoms with Crippen LogP contribution in [0.4, 0.5) is 0 Å². The Labute approximate surface area is 166 Å². The molecular weight excluding hydrogens is 356 g/mol. The summed E-state index contributed by atoms with van der Waals surface area (Å²) in [6, 6.07) is 10.2. The van der Waals surface area contributed by atoms with Crippen LogP contribution in [0.3, 0.4) is 0 Å². The molecule has 1 aromatic carbocycles. The maximum Gasteiger partial charge on any atom is 0.230 e. The van der Waals surface area contributed by atoms with Crippen molar-refractivity contribution in [3.63, 3.8) is 0 Å². The minimum atomic E-state index is 0.0442. The average molecular weight is 387 g/mol. The van der Waals surface area contributed by atoms with Crippen LogP contribution in [-0.4, -0.2) is 33.0 Å². The second-order valence-corrected chi connectivity index (χ2v) is 8.32. The van der Waals surface area contributed by atoms with Gasteiger partial charge in [-0.1, -0.05) is 74.2 Å². The lowest BCUT2D eigenvalue weighted by atomic mass is 9.86. The molecule has 2 aromatic rings. The lowest BCUT2D eigenvalue weighted by Crippen LogP contribution is -2.27. The molecule has 0 saturated heterocycles. The van der Waals surface area contributed by atoms with Gasteiger partial charge in [-0.25, -0.2) is 0 Å². The van der Waals surface area contributed by atoms with Gasteiger partial charge in [-0.15, -0.1) is 10.2 Å². The van der Waals surface area contributed by atoms with Crippen LogP contribution in [0, 0.1) is 5.92 Å². The Morgan fingerprint density at radius 2 is 1.93 bits per heavy atom. The number of nitrogens with zero attached hydrogens (tertiary/aromatic N) is 3. The van der Waals surface area contributed by atoms with Gasteiger partial charge in [-0.05, 0) is 24.3 Å². The SMILES string of the molecule is Cn1c(CCC2CCCCC2)nnc1SCC(=O)NCCc1ccccc1. The number of thioether (sulfide) groups is 1. The molecule has 1 heterocycles. The van der Waals surface area contributed by atoms with Crippen molar-refractivity contribution < 1.29 is 4.79 Å². The first-order chi connectivity index (χ1) is 13.2. The van der Waals surface area contributed by atoms with Gasteiger partial charge >= 0.3 is 0 Å². The van der Waals surface area contributed by atoms with E-state index in [-0.39, 0.29) is 5.91 Å². The smallest absolute Gasteiger partial charge is 0.230 e. The van der Waals surface area contributed by atoms with E-state index in [1.165, 1.54) is 55.9 Å². The predicted molar refractivity (Wildman–Crippen MR) is 110 cm³/mol. The molecule has 1 aromatic heterocycles. The van der Waals surface area contributed by atoms with Crippen LogP contribution in [0.2, 0.25) is 0 Å². The molecule has 6 heteroatoms. The lowest BCUT2D eigenvalue weighted by Gasteiger charge is -2.20. The molecule has 0 bridgehead atoms. The third-order valence-corrected chi connectivity index (χ3v) is 6.36. The molecule has 1 fully saturated rings. The number of carbonyl (C=O) groups is 1. The van der Waals surface area contributed by atoms with E-state index in [9.17, 15) is 4.79 Å². The van der Waals surface area contributed by atoms with Gasteiger partial charge in [-0.3, -0.25) is 4.79 Å². The molecule has 146 valence electrons. The minimum Gasteiger partial charge on any atom is -0.355 e. The van der Waals surface area contributed by atoms with Crippen molar-refractivity contribution in [2.45, 2.75) is 56.5 Å².